The summed E-state index contributed by atoms with van der Waals surface area (Å²) in [5.74, 6) is 2.52. The van der Waals surface area contributed by atoms with Crippen LogP contribution in [0.5, 0.6) is 0 Å². The Morgan fingerprint density at radius 3 is 2.04 bits per heavy atom. The lowest BCUT2D eigenvalue weighted by Crippen LogP contribution is -2.39. The molecule has 0 rings (SSSR count). The smallest absolute Gasteiger partial charge is 0.410 e. The van der Waals surface area contributed by atoms with Crippen molar-refractivity contribution in [2.24, 2.45) is 0 Å². The number of hydrogen-bond donors (Lipinski definition) is 1. The van der Waals surface area contributed by atoms with Gasteiger partial charge in [0.05, 0.1) is 46.2 Å². The van der Waals surface area contributed by atoms with Gasteiger partial charge in [-0.15, -0.1) is 12.3 Å². The molecule has 0 atom stereocenters. The molecule has 7 nitrogen and oxygen atoms in total. The van der Waals surface area contributed by atoms with E-state index in [1.54, 1.807) is 4.90 Å². The van der Waals surface area contributed by atoms with Gasteiger partial charge in [0.1, 0.15) is 5.60 Å². The van der Waals surface area contributed by atoms with E-state index in [0.29, 0.717) is 59.2 Å². The van der Waals surface area contributed by atoms with Crippen LogP contribution in [-0.2, 0) is 18.9 Å². The van der Waals surface area contributed by atoms with Crippen molar-refractivity contribution in [1.82, 2.24) is 4.90 Å². The molecular formula is C17H31NO6. The fourth-order valence-electron chi connectivity index (χ4n) is 1.60. The molecule has 0 aromatic rings. The summed E-state index contributed by atoms with van der Waals surface area (Å²) in [5, 5.41) is 8.53. The maximum absolute atomic E-state index is 12.1. The molecule has 0 aliphatic heterocycles. The number of rotatable bonds is 13. The molecule has 0 unspecified atom stereocenters. The Bertz CT molecular complexity index is 361. The van der Waals surface area contributed by atoms with Gasteiger partial charge >= 0.3 is 6.09 Å². The van der Waals surface area contributed by atoms with Gasteiger partial charge in [-0.3, -0.25) is 0 Å². The Morgan fingerprint density at radius 1 is 1.00 bits per heavy atom. The lowest BCUT2D eigenvalue weighted by molar-refractivity contribution is -0.00123. The molecule has 0 bridgehead atoms. The first-order valence-corrected chi connectivity index (χ1v) is 8.16. The minimum Gasteiger partial charge on any atom is -0.444 e. The molecule has 0 saturated heterocycles. The van der Waals surface area contributed by atoms with Crippen LogP contribution in [0.25, 0.3) is 0 Å². The van der Waals surface area contributed by atoms with Crippen LogP contribution in [0.4, 0.5) is 4.79 Å². The van der Waals surface area contributed by atoms with Crippen molar-refractivity contribution in [1.29, 1.82) is 0 Å². The maximum atomic E-state index is 12.1. The highest BCUT2D eigenvalue weighted by Gasteiger charge is 2.21. The molecule has 0 aliphatic rings. The molecule has 140 valence electrons. The Balaban J connectivity index is 3.83. The van der Waals surface area contributed by atoms with E-state index < -0.39 is 11.7 Å². The standard InChI is InChI=1S/C17H31NO6/c1-5-6-7-18(16(20)24-17(2,3)4)8-10-21-12-14-23-15-13-22-11-9-19/h1,19H,6-15H2,2-4H3. The number of hydrogen-bond acceptors (Lipinski definition) is 6. The number of aliphatic hydroxyl groups is 1. The molecular weight excluding hydrogens is 314 g/mol. The maximum Gasteiger partial charge on any atom is 0.410 e. The molecule has 0 aromatic carbocycles. The van der Waals surface area contributed by atoms with Crippen molar-refractivity contribution in [2.75, 3.05) is 59.3 Å². The van der Waals surface area contributed by atoms with Crippen molar-refractivity contribution < 1.29 is 28.8 Å². The van der Waals surface area contributed by atoms with Crippen LogP contribution in [0.2, 0.25) is 0 Å². The lowest BCUT2D eigenvalue weighted by atomic mass is 10.2. The SMILES string of the molecule is C#CCCN(CCOCCOCCOCCO)C(=O)OC(C)(C)C. The third-order valence-electron chi connectivity index (χ3n) is 2.66. The van der Waals surface area contributed by atoms with Gasteiger partial charge in [0, 0.05) is 19.5 Å². The van der Waals surface area contributed by atoms with Gasteiger partial charge in [-0.1, -0.05) is 0 Å². The van der Waals surface area contributed by atoms with Crippen LogP contribution in [0, 0.1) is 12.3 Å². The molecule has 1 amide bonds. The van der Waals surface area contributed by atoms with Crippen molar-refractivity contribution in [3.8, 4) is 12.3 Å². The molecule has 0 saturated carbocycles. The fourth-order valence-corrected chi connectivity index (χ4v) is 1.60. The molecule has 7 heteroatoms. The highest BCUT2D eigenvalue weighted by atomic mass is 16.6. The van der Waals surface area contributed by atoms with Gasteiger partial charge in [0.2, 0.25) is 0 Å². The Labute approximate surface area is 145 Å². The third kappa shape index (κ3) is 14.3. The Kier molecular flexibility index (Phi) is 13.3. The zero-order chi connectivity index (χ0) is 18.3. The first-order chi connectivity index (χ1) is 11.4. The molecule has 0 fully saturated rings. The van der Waals surface area contributed by atoms with E-state index in [1.807, 2.05) is 20.8 Å². The van der Waals surface area contributed by atoms with Gasteiger partial charge < -0.3 is 29.0 Å². The van der Waals surface area contributed by atoms with Crippen LogP contribution in [0.3, 0.4) is 0 Å². The second-order valence-corrected chi connectivity index (χ2v) is 5.98. The average molecular weight is 345 g/mol. The summed E-state index contributed by atoms with van der Waals surface area (Å²) in [6.45, 7) is 8.80. The van der Waals surface area contributed by atoms with Crippen molar-refractivity contribution in [3.05, 3.63) is 0 Å². The average Bonchev–Trinajstić information content (AvgIpc) is 2.50. The second kappa shape index (κ2) is 14.1. The normalized spacial score (nSPS) is 11.1. The van der Waals surface area contributed by atoms with Gasteiger partial charge in [-0.05, 0) is 20.8 Å². The fraction of sp³-hybridized carbons (Fsp3) is 0.824. The lowest BCUT2D eigenvalue weighted by Gasteiger charge is -2.27. The highest BCUT2D eigenvalue weighted by Crippen LogP contribution is 2.10. The van der Waals surface area contributed by atoms with Crippen LogP contribution < -0.4 is 0 Å². The molecule has 24 heavy (non-hydrogen) atoms. The number of amides is 1. The first-order valence-electron chi connectivity index (χ1n) is 8.16. The van der Waals surface area contributed by atoms with E-state index in [9.17, 15) is 4.79 Å². The second-order valence-electron chi connectivity index (χ2n) is 5.98. The van der Waals surface area contributed by atoms with Crippen molar-refractivity contribution in [3.63, 3.8) is 0 Å². The number of carbonyl (C=O) groups excluding carboxylic acids is 1. The monoisotopic (exact) mass is 345 g/mol. The van der Waals surface area contributed by atoms with Gasteiger partial charge in [-0.25, -0.2) is 4.79 Å². The summed E-state index contributed by atoms with van der Waals surface area (Å²) >= 11 is 0. The molecule has 0 heterocycles. The van der Waals surface area contributed by atoms with E-state index in [0.717, 1.165) is 0 Å². The predicted molar refractivity (Wildman–Crippen MR) is 90.8 cm³/mol. The summed E-state index contributed by atoms with van der Waals surface area (Å²) in [6, 6.07) is 0. The summed E-state index contributed by atoms with van der Waals surface area (Å²) < 4.78 is 21.1. The molecule has 0 spiro atoms. The number of ether oxygens (including phenoxy) is 4. The van der Waals surface area contributed by atoms with Crippen LogP contribution in [0.15, 0.2) is 0 Å². The largest absolute Gasteiger partial charge is 0.444 e. The summed E-state index contributed by atoms with van der Waals surface area (Å²) in [7, 11) is 0. The van der Waals surface area contributed by atoms with E-state index >= 15 is 0 Å². The quantitative estimate of drug-likeness (QED) is 0.400. The molecule has 0 aromatic heterocycles. The first kappa shape index (κ1) is 22.7. The number of carbonyl (C=O) groups is 1. The summed E-state index contributed by atoms with van der Waals surface area (Å²) in [5.41, 5.74) is -0.543. The molecule has 0 radical (unpaired) electrons. The zero-order valence-corrected chi connectivity index (χ0v) is 15.1. The summed E-state index contributed by atoms with van der Waals surface area (Å²) in [4.78, 5) is 13.6. The van der Waals surface area contributed by atoms with Crippen molar-refractivity contribution >= 4 is 6.09 Å². The van der Waals surface area contributed by atoms with Crippen LogP contribution in [-0.4, -0.2) is 81.0 Å². The summed E-state index contributed by atoms with van der Waals surface area (Å²) in [6.07, 6.45) is 5.34. The Morgan fingerprint density at radius 2 is 1.54 bits per heavy atom. The molecule has 0 aliphatic carbocycles. The van der Waals surface area contributed by atoms with Crippen LogP contribution >= 0.6 is 0 Å². The minimum absolute atomic E-state index is 0.0108. The Hall–Kier alpha value is -1.33. The van der Waals surface area contributed by atoms with Gasteiger partial charge in [0.15, 0.2) is 0 Å². The molecule has 1 N–H and O–H groups in total. The van der Waals surface area contributed by atoms with Crippen LogP contribution in [0.1, 0.15) is 27.2 Å². The topological polar surface area (TPSA) is 77.5 Å². The number of terminal acetylenes is 1. The minimum atomic E-state index is -0.543. The van der Waals surface area contributed by atoms with E-state index in [-0.39, 0.29) is 6.61 Å². The highest BCUT2D eigenvalue weighted by molar-refractivity contribution is 5.68. The van der Waals surface area contributed by atoms with Crippen molar-refractivity contribution in [2.45, 2.75) is 32.8 Å². The predicted octanol–water partition coefficient (Wildman–Crippen LogP) is 1.29. The van der Waals surface area contributed by atoms with E-state index in [1.165, 1.54) is 0 Å². The number of aliphatic hydroxyl groups excluding tert-OH is 1. The van der Waals surface area contributed by atoms with Gasteiger partial charge in [-0.2, -0.15) is 0 Å². The third-order valence-corrected chi connectivity index (χ3v) is 2.66. The zero-order valence-electron chi connectivity index (χ0n) is 15.1. The van der Waals surface area contributed by atoms with Gasteiger partial charge in [0.25, 0.3) is 0 Å². The number of nitrogens with zero attached hydrogens (tertiary/aromatic N) is 1. The van der Waals surface area contributed by atoms with E-state index in [4.69, 9.17) is 30.5 Å². The van der Waals surface area contributed by atoms with E-state index in [2.05, 4.69) is 5.92 Å².